The number of amides is 1. The van der Waals surface area contributed by atoms with Gasteiger partial charge in [0.1, 0.15) is 0 Å². The molecule has 1 aromatic heterocycles. The number of nitrogens with two attached hydrogens (primary N) is 1. The highest BCUT2D eigenvalue weighted by atomic mass is 16.5. The van der Waals surface area contributed by atoms with Crippen molar-refractivity contribution in [2.24, 2.45) is 0 Å². The van der Waals surface area contributed by atoms with Crippen LogP contribution >= 0.6 is 0 Å². The first kappa shape index (κ1) is 13.9. The van der Waals surface area contributed by atoms with Crippen molar-refractivity contribution in [1.29, 1.82) is 0 Å². The lowest BCUT2D eigenvalue weighted by Gasteiger charge is -2.36. The summed E-state index contributed by atoms with van der Waals surface area (Å²) in [6.45, 7) is 7.13. The molecule has 1 aromatic rings. The first-order valence-electron chi connectivity index (χ1n) is 6.79. The lowest BCUT2D eigenvalue weighted by molar-refractivity contribution is -0.0388. The van der Waals surface area contributed by atoms with Gasteiger partial charge in [0.2, 0.25) is 0 Å². The maximum atomic E-state index is 12.5. The first-order chi connectivity index (χ1) is 9.04. The maximum Gasteiger partial charge on any atom is 0.276 e. The van der Waals surface area contributed by atoms with E-state index in [0.29, 0.717) is 24.5 Å². The minimum atomic E-state index is -0.112. The Labute approximate surface area is 113 Å². The Morgan fingerprint density at radius 3 is 3.00 bits per heavy atom. The van der Waals surface area contributed by atoms with E-state index in [9.17, 15) is 4.79 Å². The molecule has 0 aliphatic carbocycles. The van der Waals surface area contributed by atoms with E-state index in [1.165, 1.54) is 0 Å². The second-order valence-corrected chi connectivity index (χ2v) is 5.16. The molecule has 0 radical (unpaired) electrons. The van der Waals surface area contributed by atoms with E-state index in [1.54, 1.807) is 4.90 Å². The molecule has 0 saturated carbocycles. The number of hydrogen-bond acceptors (Lipinski definition) is 4. The predicted octanol–water partition coefficient (Wildman–Crippen LogP) is 1.19. The molecule has 1 amide bonds. The van der Waals surface area contributed by atoms with Crippen LogP contribution in [-0.4, -0.2) is 46.3 Å². The van der Waals surface area contributed by atoms with Crippen molar-refractivity contribution in [3.63, 3.8) is 0 Å². The summed E-state index contributed by atoms with van der Waals surface area (Å²) in [5, 5.41) is 6.95. The molecule has 1 fully saturated rings. The fourth-order valence-corrected chi connectivity index (χ4v) is 2.31. The van der Waals surface area contributed by atoms with Gasteiger partial charge in [-0.2, -0.15) is 5.10 Å². The van der Waals surface area contributed by atoms with Gasteiger partial charge in [0.25, 0.3) is 5.91 Å². The molecule has 0 bridgehead atoms. The summed E-state index contributed by atoms with van der Waals surface area (Å²) in [7, 11) is 0. The Hall–Kier alpha value is -1.56. The summed E-state index contributed by atoms with van der Waals surface area (Å²) < 4.78 is 5.53. The summed E-state index contributed by atoms with van der Waals surface area (Å²) in [6.07, 6.45) is 1.82. The lowest BCUT2D eigenvalue weighted by Crippen LogP contribution is -2.50. The Kier molecular flexibility index (Phi) is 4.09. The number of rotatable bonds is 3. The number of nitrogen functional groups attached to an aromatic ring is 1. The molecule has 6 heteroatoms. The third-order valence-electron chi connectivity index (χ3n) is 3.45. The fourth-order valence-electron chi connectivity index (χ4n) is 2.31. The van der Waals surface area contributed by atoms with Crippen LogP contribution in [0, 0.1) is 0 Å². The minimum absolute atomic E-state index is 0.0504. The van der Waals surface area contributed by atoms with Gasteiger partial charge >= 0.3 is 0 Å². The second-order valence-electron chi connectivity index (χ2n) is 5.16. The lowest BCUT2D eigenvalue weighted by atomic mass is 10.1. The van der Waals surface area contributed by atoms with E-state index < -0.39 is 0 Å². The highest BCUT2D eigenvalue weighted by molar-refractivity contribution is 5.97. The highest BCUT2D eigenvalue weighted by Gasteiger charge is 2.31. The zero-order chi connectivity index (χ0) is 14.0. The van der Waals surface area contributed by atoms with Crippen molar-refractivity contribution in [2.45, 2.75) is 45.8 Å². The van der Waals surface area contributed by atoms with E-state index in [1.807, 2.05) is 13.8 Å². The van der Waals surface area contributed by atoms with Crippen LogP contribution in [0.4, 0.5) is 5.69 Å². The van der Waals surface area contributed by atoms with Crippen LogP contribution in [0.25, 0.3) is 0 Å². The van der Waals surface area contributed by atoms with E-state index in [2.05, 4.69) is 17.1 Å². The molecule has 19 heavy (non-hydrogen) atoms. The Morgan fingerprint density at radius 1 is 1.58 bits per heavy atom. The smallest absolute Gasteiger partial charge is 0.276 e. The van der Waals surface area contributed by atoms with Gasteiger partial charge < -0.3 is 15.4 Å². The van der Waals surface area contributed by atoms with Gasteiger partial charge in [-0.3, -0.25) is 9.89 Å². The van der Waals surface area contributed by atoms with Crippen LogP contribution in [0.3, 0.4) is 0 Å². The number of aromatic nitrogens is 2. The molecular formula is C13H22N4O2. The molecule has 3 N–H and O–H groups in total. The zero-order valence-electron chi connectivity index (χ0n) is 11.8. The minimum Gasteiger partial charge on any atom is -0.395 e. The summed E-state index contributed by atoms with van der Waals surface area (Å²) in [5.41, 5.74) is 7.67. The zero-order valence-corrected chi connectivity index (χ0v) is 11.8. The number of hydrogen-bond donors (Lipinski definition) is 2. The van der Waals surface area contributed by atoms with Crippen LogP contribution in [-0.2, 0) is 11.2 Å². The number of anilines is 1. The molecular weight excluding hydrogens is 244 g/mol. The van der Waals surface area contributed by atoms with Crippen LogP contribution in [0.1, 0.15) is 43.4 Å². The summed E-state index contributed by atoms with van der Waals surface area (Å²) >= 11 is 0. The van der Waals surface area contributed by atoms with E-state index in [4.69, 9.17) is 10.5 Å². The van der Waals surface area contributed by atoms with Crippen molar-refractivity contribution >= 4 is 11.6 Å². The number of H-pyrrole nitrogens is 1. The van der Waals surface area contributed by atoms with E-state index in [0.717, 1.165) is 18.5 Å². The number of carbonyl (C=O) groups is 1. The van der Waals surface area contributed by atoms with Crippen molar-refractivity contribution in [1.82, 2.24) is 15.1 Å². The Bertz CT molecular complexity index is 457. The van der Waals surface area contributed by atoms with Crippen LogP contribution in [0.5, 0.6) is 0 Å². The average Bonchev–Trinajstić information content (AvgIpc) is 2.74. The largest absolute Gasteiger partial charge is 0.395 e. The number of aryl methyl sites for hydroxylation is 1. The number of nitrogens with one attached hydrogen (secondary N) is 1. The van der Waals surface area contributed by atoms with Crippen molar-refractivity contribution < 1.29 is 9.53 Å². The molecule has 1 saturated heterocycles. The molecule has 106 valence electrons. The standard InChI is InChI=1S/C13H22N4O2/c1-4-5-10-11(14)12(16-15-10)13(18)17-6-9(3)19-7-8(17)2/h8-9H,4-7,14H2,1-3H3,(H,15,16). The van der Waals surface area contributed by atoms with Gasteiger partial charge in [0.15, 0.2) is 5.69 Å². The van der Waals surface area contributed by atoms with Crippen LogP contribution < -0.4 is 5.73 Å². The van der Waals surface area contributed by atoms with Crippen molar-refractivity contribution in [2.75, 3.05) is 18.9 Å². The fraction of sp³-hybridized carbons (Fsp3) is 0.692. The second kappa shape index (κ2) is 5.61. The number of ether oxygens (including phenoxy) is 1. The first-order valence-corrected chi connectivity index (χ1v) is 6.79. The topological polar surface area (TPSA) is 84.2 Å². The Balaban J connectivity index is 2.19. The van der Waals surface area contributed by atoms with Gasteiger partial charge in [-0.15, -0.1) is 0 Å². The molecule has 2 unspecified atom stereocenters. The van der Waals surface area contributed by atoms with Crippen LogP contribution in [0.15, 0.2) is 0 Å². The van der Waals surface area contributed by atoms with E-state index in [-0.39, 0.29) is 18.1 Å². The molecule has 2 rings (SSSR count). The van der Waals surface area contributed by atoms with Crippen molar-refractivity contribution in [3.05, 3.63) is 11.4 Å². The average molecular weight is 266 g/mol. The third-order valence-corrected chi connectivity index (χ3v) is 3.45. The molecule has 6 nitrogen and oxygen atoms in total. The van der Waals surface area contributed by atoms with Crippen LogP contribution in [0.2, 0.25) is 0 Å². The molecule has 1 aliphatic heterocycles. The maximum absolute atomic E-state index is 12.5. The van der Waals surface area contributed by atoms with Gasteiger partial charge in [0, 0.05) is 6.54 Å². The van der Waals surface area contributed by atoms with E-state index >= 15 is 0 Å². The quantitative estimate of drug-likeness (QED) is 0.860. The number of carbonyl (C=O) groups excluding carboxylic acids is 1. The van der Waals surface area contributed by atoms with Crippen molar-refractivity contribution in [3.8, 4) is 0 Å². The van der Waals surface area contributed by atoms with Gasteiger partial charge in [-0.05, 0) is 20.3 Å². The third kappa shape index (κ3) is 2.73. The van der Waals surface area contributed by atoms with Gasteiger partial charge in [-0.1, -0.05) is 13.3 Å². The molecule has 2 atom stereocenters. The van der Waals surface area contributed by atoms with Gasteiger partial charge in [-0.25, -0.2) is 0 Å². The number of morpholine rings is 1. The SMILES string of the molecule is CCCc1[nH]nc(C(=O)N2CC(C)OCC2C)c1N. The normalized spacial score (nSPS) is 23.6. The summed E-state index contributed by atoms with van der Waals surface area (Å²) in [6, 6.07) is 0.0504. The molecule has 1 aliphatic rings. The van der Waals surface area contributed by atoms with Gasteiger partial charge in [0.05, 0.1) is 30.1 Å². The number of nitrogens with zero attached hydrogens (tertiary/aromatic N) is 2. The monoisotopic (exact) mass is 266 g/mol. The molecule has 2 heterocycles. The molecule has 0 spiro atoms. The summed E-state index contributed by atoms with van der Waals surface area (Å²) in [5.74, 6) is -0.112. The predicted molar refractivity (Wildman–Crippen MR) is 72.9 cm³/mol. The Morgan fingerprint density at radius 2 is 2.32 bits per heavy atom. The summed E-state index contributed by atoms with van der Waals surface area (Å²) in [4.78, 5) is 14.3. The number of aromatic amines is 1. The molecule has 0 aromatic carbocycles. The highest BCUT2D eigenvalue weighted by Crippen LogP contribution is 2.20.